The maximum atomic E-state index is 11.9. The average molecular weight is 314 g/mol. The fraction of sp³-hybridized carbons (Fsp3) is 0.650. The third-order valence-corrected chi connectivity index (χ3v) is 5.95. The number of hydrogen-bond acceptors (Lipinski definition) is 2. The molecule has 0 N–H and O–H groups in total. The Labute approximate surface area is 140 Å². The van der Waals surface area contributed by atoms with Crippen LogP contribution in [0.4, 0.5) is 0 Å². The molecule has 0 unspecified atom stereocenters. The number of benzene rings is 1. The van der Waals surface area contributed by atoms with Crippen molar-refractivity contribution < 1.29 is 4.79 Å². The molecular weight excluding hydrogens is 284 g/mol. The minimum Gasteiger partial charge on any atom is -0.340 e. The van der Waals surface area contributed by atoms with Crippen LogP contribution in [0.2, 0.25) is 0 Å². The maximum Gasteiger partial charge on any atom is 0.222 e. The molecule has 3 rings (SSSR count). The summed E-state index contributed by atoms with van der Waals surface area (Å²) < 4.78 is 0. The third-order valence-electron chi connectivity index (χ3n) is 5.95. The van der Waals surface area contributed by atoms with Crippen molar-refractivity contribution in [1.82, 2.24) is 9.80 Å². The van der Waals surface area contributed by atoms with E-state index in [1.807, 2.05) is 11.9 Å². The lowest BCUT2D eigenvalue weighted by Crippen LogP contribution is -2.43. The highest BCUT2D eigenvalue weighted by Gasteiger charge is 2.43. The number of likely N-dealkylation sites (tertiary alicyclic amines) is 2. The molecule has 3 nitrogen and oxygen atoms in total. The summed E-state index contributed by atoms with van der Waals surface area (Å²) in [7, 11) is 2.01. The lowest BCUT2D eigenvalue weighted by atomic mass is 9.88. The summed E-state index contributed by atoms with van der Waals surface area (Å²) in [5.74, 6) is 0.931. The van der Waals surface area contributed by atoms with Crippen molar-refractivity contribution in [2.45, 2.75) is 64.0 Å². The van der Waals surface area contributed by atoms with Gasteiger partial charge in [0.15, 0.2) is 0 Å². The van der Waals surface area contributed by atoms with Crippen LogP contribution in [0.3, 0.4) is 0 Å². The fourth-order valence-corrected chi connectivity index (χ4v) is 4.18. The van der Waals surface area contributed by atoms with Gasteiger partial charge in [0.1, 0.15) is 0 Å². The lowest BCUT2D eigenvalue weighted by Gasteiger charge is -2.35. The van der Waals surface area contributed by atoms with Gasteiger partial charge < -0.3 is 4.90 Å². The van der Waals surface area contributed by atoms with Crippen molar-refractivity contribution in [1.29, 1.82) is 0 Å². The number of rotatable bonds is 3. The Morgan fingerprint density at radius 3 is 2.43 bits per heavy atom. The van der Waals surface area contributed by atoms with E-state index >= 15 is 0 Å². The number of carbonyl (C=O) groups is 1. The first-order valence-electron chi connectivity index (χ1n) is 9.08. The highest BCUT2D eigenvalue weighted by molar-refractivity contribution is 5.79. The van der Waals surface area contributed by atoms with Crippen molar-refractivity contribution in [2.24, 2.45) is 0 Å². The number of amides is 1. The van der Waals surface area contributed by atoms with Crippen LogP contribution in [0.15, 0.2) is 24.3 Å². The molecular formula is C20H30N2O. The van der Waals surface area contributed by atoms with E-state index in [1.165, 1.54) is 17.5 Å². The summed E-state index contributed by atoms with van der Waals surface area (Å²) in [5, 5.41) is 0. The van der Waals surface area contributed by atoms with Gasteiger partial charge in [0.25, 0.3) is 0 Å². The van der Waals surface area contributed by atoms with Gasteiger partial charge >= 0.3 is 0 Å². The van der Waals surface area contributed by atoms with E-state index in [0.29, 0.717) is 11.8 Å². The van der Waals surface area contributed by atoms with Crippen molar-refractivity contribution in [3.63, 3.8) is 0 Å². The van der Waals surface area contributed by atoms with Gasteiger partial charge in [-0.15, -0.1) is 0 Å². The van der Waals surface area contributed by atoms with Crippen LogP contribution in [0.25, 0.3) is 0 Å². The second-order valence-corrected chi connectivity index (χ2v) is 7.70. The molecule has 1 amide bonds. The Morgan fingerprint density at radius 1 is 1.09 bits per heavy atom. The van der Waals surface area contributed by atoms with E-state index in [9.17, 15) is 4.79 Å². The Bertz CT molecular complexity index is 551. The van der Waals surface area contributed by atoms with Crippen LogP contribution in [0, 0.1) is 0 Å². The van der Waals surface area contributed by atoms with Gasteiger partial charge in [0.2, 0.25) is 5.91 Å². The van der Waals surface area contributed by atoms with Crippen LogP contribution in [0.1, 0.15) is 63.0 Å². The van der Waals surface area contributed by atoms with Crippen molar-refractivity contribution in [2.75, 3.05) is 20.1 Å². The molecule has 126 valence electrons. The zero-order valence-electron chi connectivity index (χ0n) is 14.8. The Hall–Kier alpha value is -1.35. The third kappa shape index (κ3) is 3.45. The number of hydrogen-bond donors (Lipinski definition) is 0. The van der Waals surface area contributed by atoms with Gasteiger partial charge in [0.05, 0.1) is 0 Å². The summed E-state index contributed by atoms with van der Waals surface area (Å²) in [6.07, 6.45) is 5.28. The smallest absolute Gasteiger partial charge is 0.222 e. The molecule has 0 aromatic heterocycles. The van der Waals surface area contributed by atoms with E-state index in [2.05, 4.69) is 43.0 Å². The van der Waals surface area contributed by atoms with E-state index in [4.69, 9.17) is 0 Å². The second kappa shape index (κ2) is 6.64. The molecule has 1 aromatic rings. The van der Waals surface area contributed by atoms with Crippen LogP contribution in [-0.2, 0) is 11.3 Å². The molecule has 0 radical (unpaired) electrons. The van der Waals surface area contributed by atoms with E-state index in [1.54, 1.807) is 0 Å². The van der Waals surface area contributed by atoms with Gasteiger partial charge in [0, 0.05) is 32.1 Å². The average Bonchev–Trinajstić information content (AvgIpc) is 2.72. The molecule has 0 bridgehead atoms. The SMILES string of the molecule is CC(C)c1ccc(CN2CCC[C@]3(CCC(=O)N3C)CC2)cc1. The molecule has 23 heavy (non-hydrogen) atoms. The maximum absolute atomic E-state index is 11.9. The molecule has 2 saturated heterocycles. The first-order valence-corrected chi connectivity index (χ1v) is 9.08. The summed E-state index contributed by atoms with van der Waals surface area (Å²) in [4.78, 5) is 16.5. The largest absolute Gasteiger partial charge is 0.340 e. The standard InChI is InChI=1S/C20H30N2O/c1-16(2)18-7-5-17(6-8-18)15-22-13-4-10-20(12-14-22)11-9-19(23)21(20)3/h5-8,16H,4,9-15H2,1-3H3/t20-/m0/s1. The van der Waals surface area contributed by atoms with E-state index in [-0.39, 0.29) is 5.54 Å². The van der Waals surface area contributed by atoms with Gasteiger partial charge in [-0.2, -0.15) is 0 Å². The number of nitrogens with zero attached hydrogens (tertiary/aromatic N) is 2. The Kier molecular flexibility index (Phi) is 4.77. The van der Waals surface area contributed by atoms with E-state index in [0.717, 1.165) is 45.3 Å². The molecule has 2 fully saturated rings. The van der Waals surface area contributed by atoms with Crippen molar-refractivity contribution in [3.05, 3.63) is 35.4 Å². The van der Waals surface area contributed by atoms with Crippen LogP contribution >= 0.6 is 0 Å². The van der Waals surface area contributed by atoms with Crippen LogP contribution in [-0.4, -0.2) is 41.4 Å². The monoisotopic (exact) mass is 314 g/mol. The molecule has 3 heteroatoms. The minimum absolute atomic E-state index is 0.146. The highest BCUT2D eigenvalue weighted by Crippen LogP contribution is 2.38. The molecule has 2 aliphatic heterocycles. The number of carbonyl (C=O) groups excluding carboxylic acids is 1. The summed E-state index contributed by atoms with van der Waals surface area (Å²) in [6, 6.07) is 9.09. The highest BCUT2D eigenvalue weighted by atomic mass is 16.2. The normalized spacial score (nSPS) is 26.3. The zero-order chi connectivity index (χ0) is 16.4. The van der Waals surface area contributed by atoms with Gasteiger partial charge in [-0.05, 0) is 49.3 Å². The first kappa shape index (κ1) is 16.5. The molecule has 2 heterocycles. The molecule has 0 aliphatic carbocycles. The summed E-state index contributed by atoms with van der Waals surface area (Å²) >= 11 is 0. The summed E-state index contributed by atoms with van der Waals surface area (Å²) in [6.45, 7) is 7.76. The second-order valence-electron chi connectivity index (χ2n) is 7.70. The lowest BCUT2D eigenvalue weighted by molar-refractivity contribution is -0.129. The van der Waals surface area contributed by atoms with Gasteiger partial charge in [-0.3, -0.25) is 9.69 Å². The first-order chi connectivity index (χ1) is 11.0. The molecule has 1 atom stereocenters. The van der Waals surface area contributed by atoms with Crippen LogP contribution in [0.5, 0.6) is 0 Å². The predicted octanol–water partition coefficient (Wildman–Crippen LogP) is 3.79. The molecule has 1 aromatic carbocycles. The molecule has 2 aliphatic rings. The predicted molar refractivity (Wildman–Crippen MR) is 94.4 cm³/mol. The Balaban J connectivity index is 1.61. The van der Waals surface area contributed by atoms with Crippen molar-refractivity contribution >= 4 is 5.91 Å². The molecule has 0 saturated carbocycles. The quantitative estimate of drug-likeness (QED) is 0.847. The zero-order valence-corrected chi connectivity index (χ0v) is 14.8. The van der Waals surface area contributed by atoms with Gasteiger partial charge in [-0.1, -0.05) is 38.1 Å². The Morgan fingerprint density at radius 2 is 1.83 bits per heavy atom. The van der Waals surface area contributed by atoms with Crippen molar-refractivity contribution in [3.8, 4) is 0 Å². The van der Waals surface area contributed by atoms with E-state index < -0.39 is 0 Å². The molecule has 1 spiro atoms. The van der Waals surface area contributed by atoms with Crippen LogP contribution < -0.4 is 0 Å². The fourth-order valence-electron chi connectivity index (χ4n) is 4.18. The topological polar surface area (TPSA) is 23.6 Å². The minimum atomic E-state index is 0.146. The van der Waals surface area contributed by atoms with Gasteiger partial charge in [-0.25, -0.2) is 0 Å². The summed E-state index contributed by atoms with van der Waals surface area (Å²) in [5.41, 5.74) is 2.96.